The van der Waals surface area contributed by atoms with Crippen LogP contribution in [-0.2, 0) is 9.57 Å². The van der Waals surface area contributed by atoms with Gasteiger partial charge in [0, 0.05) is 31.1 Å². The number of nitrogens with zero attached hydrogens (tertiary/aromatic N) is 1. The van der Waals surface area contributed by atoms with E-state index in [0.717, 1.165) is 79.6 Å². The van der Waals surface area contributed by atoms with Gasteiger partial charge in [-0.25, -0.2) is 0 Å². The van der Waals surface area contributed by atoms with Gasteiger partial charge in [-0.3, -0.25) is 4.79 Å². The molecule has 1 fully saturated rings. The lowest BCUT2D eigenvalue weighted by Gasteiger charge is -2.58. The first-order valence-corrected chi connectivity index (χ1v) is 25.7. The van der Waals surface area contributed by atoms with Crippen molar-refractivity contribution in [2.75, 3.05) is 39.3 Å². The number of aliphatic hydroxyl groups excluding tert-OH is 2. The number of rotatable bonds is 33. The number of fused-ring (bicyclic) bond motifs is 2. The third-order valence-electron chi connectivity index (χ3n) is 13.3. The molecule has 0 amide bonds. The molecule has 1 aliphatic heterocycles. The summed E-state index contributed by atoms with van der Waals surface area (Å²) in [5.74, 6) is 2.62. The molecule has 350 valence electrons. The molecule has 0 saturated heterocycles. The number of hydrogen-bond donors (Lipinski definition) is 2. The molecule has 5 rings (SSSR count). The third-order valence-corrected chi connectivity index (χ3v) is 14.7. The molecule has 2 aromatic rings. The first kappa shape index (κ1) is 50.7. The number of aliphatic hydroxyl groups is 2. The highest BCUT2D eigenvalue weighted by Gasteiger charge is 2.64. The number of oxime groups is 1. The maximum Gasteiger partial charge on any atom is 0.230 e. The Hall–Kier alpha value is -3.31. The fourth-order valence-corrected chi connectivity index (χ4v) is 11.6. The number of thioether (sulfide) groups is 1. The van der Waals surface area contributed by atoms with Gasteiger partial charge in [0.2, 0.25) is 5.79 Å². The van der Waals surface area contributed by atoms with E-state index in [1.54, 1.807) is 19.2 Å². The molecule has 1 heterocycles. The zero-order valence-corrected chi connectivity index (χ0v) is 39.7. The molecular formula is C53H79NO8S. The molecule has 1 saturated carbocycles. The van der Waals surface area contributed by atoms with E-state index in [2.05, 4.69) is 25.6 Å². The highest BCUT2D eigenvalue weighted by Crippen LogP contribution is 2.62. The van der Waals surface area contributed by atoms with Crippen molar-refractivity contribution in [2.45, 2.75) is 166 Å². The summed E-state index contributed by atoms with van der Waals surface area (Å²) in [6, 6.07) is 11.3. The molecule has 2 aliphatic carbocycles. The van der Waals surface area contributed by atoms with Gasteiger partial charge in [-0.1, -0.05) is 121 Å². The van der Waals surface area contributed by atoms with Crippen LogP contribution in [0, 0.1) is 17.8 Å². The average molecular weight is 890 g/mol. The van der Waals surface area contributed by atoms with Gasteiger partial charge >= 0.3 is 0 Å². The Balaban J connectivity index is 1.43. The van der Waals surface area contributed by atoms with Crippen LogP contribution in [0.2, 0.25) is 0 Å². The molecule has 3 aliphatic rings. The van der Waals surface area contributed by atoms with E-state index in [0.29, 0.717) is 42.4 Å². The molecule has 6 atom stereocenters. The van der Waals surface area contributed by atoms with Crippen LogP contribution in [0.15, 0.2) is 65.9 Å². The van der Waals surface area contributed by atoms with Gasteiger partial charge in [-0.05, 0) is 98.6 Å². The van der Waals surface area contributed by atoms with Crippen molar-refractivity contribution in [3.8, 4) is 23.0 Å². The molecule has 2 aromatic carbocycles. The summed E-state index contributed by atoms with van der Waals surface area (Å²) in [7, 11) is 1.55. The molecule has 0 spiro atoms. The predicted octanol–water partition coefficient (Wildman–Crippen LogP) is 13.2. The lowest BCUT2D eigenvalue weighted by molar-refractivity contribution is -0.223. The van der Waals surface area contributed by atoms with Crippen LogP contribution in [0.25, 0.3) is 0 Å². The number of hydrogen-bond acceptors (Lipinski definition) is 10. The van der Waals surface area contributed by atoms with E-state index in [1.165, 1.54) is 83.5 Å². The Labute approximate surface area is 383 Å². The first-order valence-electron chi connectivity index (χ1n) is 24.6. The van der Waals surface area contributed by atoms with Crippen LogP contribution >= 0.6 is 11.8 Å². The minimum Gasteiger partial charge on any atom is -0.496 e. The number of ether oxygens (including phenoxy) is 4. The molecule has 0 radical (unpaired) electrons. The van der Waals surface area contributed by atoms with Crippen molar-refractivity contribution >= 4 is 23.8 Å². The molecule has 0 unspecified atom stereocenters. The summed E-state index contributed by atoms with van der Waals surface area (Å²) < 4.78 is 26.3. The van der Waals surface area contributed by atoms with Crippen LogP contribution in [-0.4, -0.2) is 72.5 Å². The van der Waals surface area contributed by atoms with Crippen LogP contribution in [0.5, 0.6) is 23.0 Å². The second-order valence-electron chi connectivity index (χ2n) is 17.8. The van der Waals surface area contributed by atoms with Crippen LogP contribution in [0.1, 0.15) is 171 Å². The summed E-state index contributed by atoms with van der Waals surface area (Å²) in [6.45, 7) is 9.46. The van der Waals surface area contributed by atoms with Crippen LogP contribution in [0.3, 0.4) is 0 Å². The predicted molar refractivity (Wildman–Crippen MR) is 258 cm³/mol. The van der Waals surface area contributed by atoms with E-state index in [9.17, 15) is 15.0 Å². The number of methoxy groups -OCH3 is 1. The number of unbranched alkanes of at least 4 members (excludes halogenated alkanes) is 15. The first-order chi connectivity index (χ1) is 31.0. The topological polar surface area (TPSA) is 116 Å². The van der Waals surface area contributed by atoms with Crippen molar-refractivity contribution in [3.05, 3.63) is 71.8 Å². The smallest absolute Gasteiger partial charge is 0.230 e. The van der Waals surface area contributed by atoms with E-state index in [4.69, 9.17) is 28.9 Å². The standard InChI is InChI=1S/C53H79NO8S/c1-5-8-9-10-11-12-13-14-15-16-17-18-19-24-34-63-50-38-47(54-60-7-3)45-36-40(25-20-22-31-55)44(26-21-23-32-56)51-46-37-43(61-42-27-29-48(58-4)41(35-42)39-57)28-30-49(46)62-53(50,52(45)51)59-33-6-2/h6,27-30,35-37,39-40,44,50-52,55-56H,2,5,7-26,31-34,38H2,1,3-4H3/t40-,44+,50-,51+,52+,53+/m0/s1. The van der Waals surface area contributed by atoms with Gasteiger partial charge < -0.3 is 34.0 Å². The second kappa shape index (κ2) is 27.9. The lowest BCUT2D eigenvalue weighted by Crippen LogP contribution is -2.64. The Morgan fingerprint density at radius 2 is 1.49 bits per heavy atom. The number of allylic oxidation sites excluding steroid dienone is 1. The highest BCUT2D eigenvalue weighted by molar-refractivity contribution is 8.00. The van der Waals surface area contributed by atoms with E-state index in [-0.39, 0.29) is 42.1 Å². The number of carbonyl (C=O) groups is 1. The van der Waals surface area contributed by atoms with Crippen molar-refractivity contribution in [1.82, 2.24) is 0 Å². The second-order valence-corrected chi connectivity index (χ2v) is 19.1. The quantitative estimate of drug-likeness (QED) is 0.0313. The Bertz CT molecular complexity index is 1730. The van der Waals surface area contributed by atoms with Gasteiger partial charge in [0.15, 0.2) is 6.29 Å². The van der Waals surface area contributed by atoms with E-state index >= 15 is 0 Å². The summed E-state index contributed by atoms with van der Waals surface area (Å²) in [6.07, 6.45) is 29.4. The number of aldehydes is 1. The van der Waals surface area contributed by atoms with E-state index < -0.39 is 5.79 Å². The fourth-order valence-electron chi connectivity index (χ4n) is 10.2. The van der Waals surface area contributed by atoms with Crippen LogP contribution in [0.4, 0.5) is 0 Å². The maximum absolute atomic E-state index is 11.9. The fraction of sp³-hybridized carbons (Fsp3) is 0.660. The molecule has 0 aromatic heterocycles. The molecule has 10 heteroatoms. The Kier molecular flexibility index (Phi) is 22.4. The van der Waals surface area contributed by atoms with Gasteiger partial charge in [0.25, 0.3) is 0 Å². The minimum atomic E-state index is -0.994. The third kappa shape index (κ3) is 14.1. The molecule has 9 nitrogen and oxygen atoms in total. The molecular weight excluding hydrogens is 811 g/mol. The van der Waals surface area contributed by atoms with Crippen molar-refractivity contribution in [3.63, 3.8) is 0 Å². The lowest BCUT2D eigenvalue weighted by atomic mass is 9.56. The average Bonchev–Trinajstić information content (AvgIpc) is 3.30. The Morgan fingerprint density at radius 1 is 0.841 bits per heavy atom. The van der Waals surface area contributed by atoms with Gasteiger partial charge in [0.1, 0.15) is 29.6 Å². The van der Waals surface area contributed by atoms with Gasteiger partial charge in [0.05, 0.1) is 36.2 Å². The zero-order valence-electron chi connectivity index (χ0n) is 38.9. The van der Waals surface area contributed by atoms with Crippen molar-refractivity contribution < 1.29 is 38.8 Å². The van der Waals surface area contributed by atoms with Crippen molar-refractivity contribution in [2.24, 2.45) is 22.9 Å². The van der Waals surface area contributed by atoms with E-state index in [1.807, 2.05) is 43.0 Å². The monoisotopic (exact) mass is 890 g/mol. The SMILES string of the molecule is C=CCO[C@@]12Oc3ccc(Oc4ccc(OC)c(C=O)c4)cc3[C@H]3[C@H](CCCCO)[C@@H](CCCCO)C=C(C(=NOCC)C[C@@H]1SCCCCCCCCCCCCCCCC)[C@H]32. The normalized spacial score (nSPS) is 23.0. The van der Waals surface area contributed by atoms with Crippen LogP contribution < -0.4 is 14.2 Å². The largest absolute Gasteiger partial charge is 0.496 e. The summed E-state index contributed by atoms with van der Waals surface area (Å²) in [4.78, 5) is 17.8. The molecule has 0 bridgehead atoms. The van der Waals surface area contributed by atoms with Gasteiger partial charge in [-0.2, -0.15) is 11.8 Å². The molecule has 2 N–H and O–H groups in total. The summed E-state index contributed by atoms with van der Waals surface area (Å²) >= 11 is 1.95. The maximum atomic E-state index is 11.9. The molecule has 63 heavy (non-hydrogen) atoms. The summed E-state index contributed by atoms with van der Waals surface area (Å²) in [5, 5.41) is 24.6. The summed E-state index contributed by atoms with van der Waals surface area (Å²) in [5.41, 5.74) is 3.56. The Morgan fingerprint density at radius 3 is 2.13 bits per heavy atom. The number of benzene rings is 2. The zero-order chi connectivity index (χ0) is 44.7. The minimum absolute atomic E-state index is 0.0300. The number of carbonyl (C=O) groups excluding carboxylic acids is 1. The highest BCUT2D eigenvalue weighted by atomic mass is 32.2. The van der Waals surface area contributed by atoms with Crippen molar-refractivity contribution in [1.29, 1.82) is 0 Å². The van der Waals surface area contributed by atoms with Gasteiger partial charge in [-0.15, -0.1) is 6.58 Å².